The minimum absolute atomic E-state index is 0.0182. The molecule has 0 saturated carbocycles. The smallest absolute Gasteiger partial charge is 0.456 e. The van der Waals surface area contributed by atoms with E-state index >= 15 is 0 Å². The zero-order chi connectivity index (χ0) is 23.1. The van der Waals surface area contributed by atoms with Crippen molar-refractivity contribution in [2.45, 2.75) is 37.1 Å². The fourth-order valence-electron chi connectivity index (χ4n) is 4.45. The molecule has 2 aromatic carbocycles. The first kappa shape index (κ1) is 22.1. The monoisotopic (exact) mass is 446 g/mol. The summed E-state index contributed by atoms with van der Waals surface area (Å²) in [4.78, 5) is 26.3. The van der Waals surface area contributed by atoms with Gasteiger partial charge >= 0.3 is 12.0 Å². The molecule has 1 N–H and O–H groups in total. The van der Waals surface area contributed by atoms with Gasteiger partial charge in [0.2, 0.25) is 0 Å². The number of hydrogen-bond acceptors (Lipinski definition) is 5. The first-order chi connectivity index (χ1) is 15.2. The van der Waals surface area contributed by atoms with E-state index in [-0.39, 0.29) is 41.1 Å². The Kier molecular flexibility index (Phi) is 5.58. The van der Waals surface area contributed by atoms with Gasteiger partial charge in [-0.15, -0.1) is 0 Å². The Hall–Kier alpha value is -3.13. The molecule has 8 heteroatoms. The van der Waals surface area contributed by atoms with Gasteiger partial charge in [-0.2, -0.15) is 13.2 Å². The van der Waals surface area contributed by atoms with E-state index in [2.05, 4.69) is 0 Å². The van der Waals surface area contributed by atoms with Crippen molar-refractivity contribution < 1.29 is 37.3 Å². The number of methoxy groups -OCH3 is 1. The van der Waals surface area contributed by atoms with Gasteiger partial charge in [0.1, 0.15) is 17.4 Å². The maximum Gasteiger partial charge on any atom is 0.456 e. The fourth-order valence-corrected chi connectivity index (χ4v) is 4.45. The summed E-state index contributed by atoms with van der Waals surface area (Å²) in [6.07, 6.45) is -4.78. The van der Waals surface area contributed by atoms with Crippen LogP contribution in [-0.4, -0.2) is 35.7 Å². The van der Waals surface area contributed by atoms with E-state index in [0.717, 1.165) is 0 Å². The number of benzene rings is 2. The molecule has 0 saturated heterocycles. The highest BCUT2D eigenvalue weighted by molar-refractivity contribution is 6.04. The summed E-state index contributed by atoms with van der Waals surface area (Å²) in [6, 6.07) is 13.5. The molecule has 0 radical (unpaired) electrons. The van der Waals surface area contributed by atoms with Crippen molar-refractivity contribution in [1.82, 2.24) is 0 Å². The van der Waals surface area contributed by atoms with Crippen molar-refractivity contribution >= 4 is 11.6 Å². The molecule has 0 spiro atoms. The van der Waals surface area contributed by atoms with Gasteiger partial charge in [0.15, 0.2) is 11.6 Å². The SMILES string of the molecule is COc1ccc(C2C3=C(CCCC3=O)OC(O)(C(F)(F)F)C2C(=O)c2ccccc2)cc1. The summed E-state index contributed by atoms with van der Waals surface area (Å²) in [5.41, 5.74) is 0.285. The molecule has 1 heterocycles. The molecule has 3 unspecified atom stereocenters. The van der Waals surface area contributed by atoms with Gasteiger partial charge in [0, 0.05) is 29.9 Å². The van der Waals surface area contributed by atoms with E-state index in [0.29, 0.717) is 12.2 Å². The van der Waals surface area contributed by atoms with E-state index in [9.17, 15) is 27.9 Å². The van der Waals surface area contributed by atoms with Crippen LogP contribution in [0.1, 0.15) is 41.1 Å². The highest BCUT2D eigenvalue weighted by Gasteiger charge is 2.68. The molecule has 0 aromatic heterocycles. The van der Waals surface area contributed by atoms with E-state index in [1.807, 2.05) is 0 Å². The molecule has 5 nitrogen and oxygen atoms in total. The molecule has 3 atom stereocenters. The molecule has 0 bridgehead atoms. The minimum atomic E-state index is -5.29. The number of halogens is 3. The normalized spacial score (nSPS) is 25.7. The molecule has 0 fully saturated rings. The highest BCUT2D eigenvalue weighted by atomic mass is 19.4. The van der Waals surface area contributed by atoms with E-state index in [1.165, 1.54) is 55.6 Å². The standard InChI is InChI=1S/C24H21F3O5/c1-31-16-12-10-14(11-13-16)19-20-17(28)8-5-9-18(20)32-23(30,24(25,26)27)21(19)22(29)15-6-3-2-4-7-15/h2-4,6-7,10-13,19,21,30H,5,8-9H2,1H3. The van der Waals surface area contributed by atoms with Crippen molar-refractivity contribution in [3.05, 3.63) is 77.1 Å². The second kappa shape index (κ2) is 8.09. The number of carbonyl (C=O) groups is 2. The van der Waals surface area contributed by atoms with Crippen molar-refractivity contribution in [1.29, 1.82) is 0 Å². The molecule has 32 heavy (non-hydrogen) atoms. The van der Waals surface area contributed by atoms with Crippen LogP contribution in [-0.2, 0) is 9.53 Å². The fraction of sp³-hybridized carbons (Fsp3) is 0.333. The van der Waals surface area contributed by atoms with E-state index < -0.39 is 29.6 Å². The molecule has 2 aromatic rings. The lowest BCUT2D eigenvalue weighted by molar-refractivity contribution is -0.374. The lowest BCUT2D eigenvalue weighted by atomic mass is 9.67. The lowest BCUT2D eigenvalue weighted by Gasteiger charge is -2.46. The van der Waals surface area contributed by atoms with Crippen LogP contribution in [0, 0.1) is 5.92 Å². The molecule has 0 amide bonds. The number of carbonyl (C=O) groups excluding carboxylic acids is 2. The minimum Gasteiger partial charge on any atom is -0.497 e. The molecule has 168 valence electrons. The van der Waals surface area contributed by atoms with Crippen LogP contribution in [0.4, 0.5) is 13.2 Å². The molecular weight excluding hydrogens is 425 g/mol. The number of alkyl halides is 3. The van der Waals surface area contributed by atoms with Crippen LogP contribution in [0.15, 0.2) is 65.9 Å². The van der Waals surface area contributed by atoms with Gasteiger partial charge < -0.3 is 14.6 Å². The van der Waals surface area contributed by atoms with Gasteiger partial charge in [-0.1, -0.05) is 42.5 Å². The Balaban J connectivity index is 1.97. The van der Waals surface area contributed by atoms with Crippen LogP contribution in [0.2, 0.25) is 0 Å². The summed E-state index contributed by atoms with van der Waals surface area (Å²) >= 11 is 0. The number of allylic oxidation sites excluding steroid dienone is 2. The molecule has 1 aliphatic carbocycles. The molecular formula is C24H21F3O5. The van der Waals surface area contributed by atoms with Gasteiger partial charge in [0.05, 0.1) is 7.11 Å². The quantitative estimate of drug-likeness (QED) is 0.697. The van der Waals surface area contributed by atoms with Crippen molar-refractivity contribution in [3.8, 4) is 5.75 Å². The maximum absolute atomic E-state index is 14.3. The first-order valence-corrected chi connectivity index (χ1v) is 10.1. The van der Waals surface area contributed by atoms with Crippen LogP contribution in [0.5, 0.6) is 5.75 Å². The summed E-state index contributed by atoms with van der Waals surface area (Å²) in [6.45, 7) is 0. The number of ether oxygens (including phenoxy) is 2. The van der Waals surface area contributed by atoms with E-state index in [4.69, 9.17) is 9.47 Å². The predicted octanol–water partition coefficient (Wildman–Crippen LogP) is 4.57. The van der Waals surface area contributed by atoms with Crippen LogP contribution < -0.4 is 4.74 Å². The summed E-state index contributed by atoms with van der Waals surface area (Å²) in [5.74, 6) is -8.34. The molecule has 2 aliphatic rings. The number of rotatable bonds is 4. The van der Waals surface area contributed by atoms with Crippen LogP contribution >= 0.6 is 0 Å². The number of hydrogen-bond donors (Lipinski definition) is 1. The predicted molar refractivity (Wildman–Crippen MR) is 108 cm³/mol. The topological polar surface area (TPSA) is 72.8 Å². The van der Waals surface area contributed by atoms with E-state index in [1.54, 1.807) is 6.07 Å². The van der Waals surface area contributed by atoms with Crippen molar-refractivity contribution in [2.75, 3.05) is 7.11 Å². The average Bonchev–Trinajstić information content (AvgIpc) is 2.78. The number of Topliss-reactive ketones (excluding diaryl/α,β-unsaturated/α-hetero) is 2. The van der Waals surface area contributed by atoms with Gasteiger partial charge in [-0.25, -0.2) is 0 Å². The van der Waals surface area contributed by atoms with Crippen molar-refractivity contribution in [3.63, 3.8) is 0 Å². The van der Waals surface area contributed by atoms with Crippen LogP contribution in [0.25, 0.3) is 0 Å². The third-order valence-corrected chi connectivity index (χ3v) is 5.98. The Labute approximate surface area is 182 Å². The Bertz CT molecular complexity index is 1060. The zero-order valence-electron chi connectivity index (χ0n) is 17.2. The third-order valence-electron chi connectivity index (χ3n) is 5.98. The highest BCUT2D eigenvalue weighted by Crippen LogP contribution is 2.54. The third kappa shape index (κ3) is 3.58. The molecule has 4 rings (SSSR count). The zero-order valence-corrected chi connectivity index (χ0v) is 17.2. The molecule has 1 aliphatic heterocycles. The lowest BCUT2D eigenvalue weighted by Crippen LogP contribution is -2.60. The number of ketones is 2. The summed E-state index contributed by atoms with van der Waals surface area (Å²) in [7, 11) is 1.44. The largest absolute Gasteiger partial charge is 0.497 e. The summed E-state index contributed by atoms with van der Waals surface area (Å²) < 4.78 is 53.0. The van der Waals surface area contributed by atoms with Gasteiger partial charge in [0.25, 0.3) is 0 Å². The Morgan fingerprint density at radius 1 is 1.09 bits per heavy atom. The van der Waals surface area contributed by atoms with Gasteiger partial charge in [-0.05, 0) is 24.1 Å². The second-order valence-corrected chi connectivity index (χ2v) is 7.87. The second-order valence-electron chi connectivity index (χ2n) is 7.87. The van der Waals surface area contributed by atoms with Crippen LogP contribution in [0.3, 0.4) is 0 Å². The Morgan fingerprint density at radius 3 is 2.34 bits per heavy atom. The number of aliphatic hydroxyl groups is 1. The Morgan fingerprint density at radius 2 is 1.75 bits per heavy atom. The van der Waals surface area contributed by atoms with Crippen molar-refractivity contribution in [2.24, 2.45) is 5.92 Å². The summed E-state index contributed by atoms with van der Waals surface area (Å²) in [5, 5.41) is 10.9. The average molecular weight is 446 g/mol. The maximum atomic E-state index is 14.3. The van der Waals surface area contributed by atoms with Gasteiger partial charge in [-0.3, -0.25) is 9.59 Å². The first-order valence-electron chi connectivity index (χ1n) is 10.1.